The molecule has 6 rings (SSSR count). The minimum atomic E-state index is -0.448. The molecule has 1 saturated carbocycles. The molecule has 0 saturated heterocycles. The van der Waals surface area contributed by atoms with Gasteiger partial charge in [0.25, 0.3) is 0 Å². The molecule has 1 aromatic heterocycles. The van der Waals surface area contributed by atoms with Crippen molar-refractivity contribution in [3.05, 3.63) is 95.7 Å². The molecule has 3 aromatic carbocycles. The Hall–Kier alpha value is -3.41. The molecular weight excluding hydrogens is 458 g/mol. The highest BCUT2D eigenvalue weighted by molar-refractivity contribution is 5.88. The molecule has 4 aromatic rings. The number of aliphatic hydroxyl groups excluding tert-OH is 1. The summed E-state index contributed by atoms with van der Waals surface area (Å²) in [6.45, 7) is -0.145. The number of aromatic amines is 1. The fourth-order valence-corrected chi connectivity index (χ4v) is 6.32. The molecule has 0 radical (unpaired) electrons. The lowest BCUT2D eigenvalue weighted by Crippen LogP contribution is -2.52. The van der Waals surface area contributed by atoms with Gasteiger partial charge in [0.15, 0.2) is 0 Å². The summed E-state index contributed by atoms with van der Waals surface area (Å²) < 4.78 is 0. The molecule has 1 fully saturated rings. The van der Waals surface area contributed by atoms with Gasteiger partial charge < -0.3 is 15.4 Å². The Morgan fingerprint density at radius 2 is 1.59 bits per heavy atom. The largest absolute Gasteiger partial charge is 0.394 e. The number of hydrogen-bond acceptors (Lipinski definition) is 3. The zero-order chi connectivity index (χ0) is 25.2. The molecule has 0 spiro atoms. The number of para-hydroxylation sites is 1. The zero-order valence-corrected chi connectivity index (χ0v) is 21.1. The van der Waals surface area contributed by atoms with Gasteiger partial charge in [0.1, 0.15) is 0 Å². The summed E-state index contributed by atoms with van der Waals surface area (Å²) in [6, 6.07) is 26.1. The Morgan fingerprint density at radius 3 is 2.35 bits per heavy atom. The highest BCUT2D eigenvalue weighted by atomic mass is 16.3. The van der Waals surface area contributed by atoms with Crippen LogP contribution in [0, 0.1) is 5.92 Å². The highest BCUT2D eigenvalue weighted by Crippen LogP contribution is 2.40. The maximum Gasteiger partial charge on any atom is 0.238 e. The van der Waals surface area contributed by atoms with Crippen molar-refractivity contribution >= 4 is 16.8 Å². The molecule has 1 aliphatic carbocycles. The van der Waals surface area contributed by atoms with Crippen LogP contribution in [0.4, 0.5) is 0 Å². The van der Waals surface area contributed by atoms with Crippen LogP contribution < -0.4 is 10.6 Å². The van der Waals surface area contributed by atoms with E-state index in [2.05, 4.69) is 64.1 Å². The summed E-state index contributed by atoms with van der Waals surface area (Å²) in [5, 5.41) is 18.3. The Balaban J connectivity index is 1.23. The maximum atomic E-state index is 13.6. The van der Waals surface area contributed by atoms with Gasteiger partial charge in [0.05, 0.1) is 24.7 Å². The van der Waals surface area contributed by atoms with E-state index in [4.69, 9.17) is 0 Å². The predicted octanol–water partition coefficient (Wildman–Crippen LogP) is 5.82. The minimum Gasteiger partial charge on any atom is -0.394 e. The number of rotatable bonds is 6. The third-order valence-corrected chi connectivity index (χ3v) is 8.30. The SMILES string of the molecule is O=C(NC(CO)c1ccc(-c2ccccc2)cc1)[C@H]1Cc2c([nH]c3ccccc23)[C@H](C2CCCCC2)N1. The summed E-state index contributed by atoms with van der Waals surface area (Å²) in [6.07, 6.45) is 6.82. The van der Waals surface area contributed by atoms with Crippen LogP contribution in [0.2, 0.25) is 0 Å². The third kappa shape index (κ3) is 4.81. The normalized spacial score (nSPS) is 20.9. The number of fused-ring (bicyclic) bond motifs is 3. The van der Waals surface area contributed by atoms with Crippen LogP contribution >= 0.6 is 0 Å². The van der Waals surface area contributed by atoms with Crippen LogP contribution in [-0.2, 0) is 11.2 Å². The lowest BCUT2D eigenvalue weighted by atomic mass is 9.79. The first-order chi connectivity index (χ1) is 18.2. The van der Waals surface area contributed by atoms with Crippen molar-refractivity contribution in [1.82, 2.24) is 15.6 Å². The summed E-state index contributed by atoms with van der Waals surface area (Å²) >= 11 is 0. The van der Waals surface area contributed by atoms with Crippen molar-refractivity contribution in [3.8, 4) is 11.1 Å². The van der Waals surface area contributed by atoms with Crippen molar-refractivity contribution in [3.63, 3.8) is 0 Å². The van der Waals surface area contributed by atoms with E-state index < -0.39 is 6.04 Å². The topological polar surface area (TPSA) is 77.2 Å². The van der Waals surface area contributed by atoms with Gasteiger partial charge in [-0.2, -0.15) is 0 Å². The summed E-state index contributed by atoms with van der Waals surface area (Å²) in [5.41, 5.74) is 6.83. The van der Waals surface area contributed by atoms with Gasteiger partial charge in [-0.3, -0.25) is 10.1 Å². The number of carbonyl (C=O) groups is 1. The second-order valence-electron chi connectivity index (χ2n) is 10.6. The Labute approximate surface area is 218 Å². The van der Waals surface area contributed by atoms with Crippen LogP contribution in [0.1, 0.15) is 61.0 Å². The van der Waals surface area contributed by atoms with Crippen LogP contribution in [0.15, 0.2) is 78.9 Å². The van der Waals surface area contributed by atoms with E-state index in [9.17, 15) is 9.90 Å². The molecule has 1 unspecified atom stereocenters. The molecule has 190 valence electrons. The molecular formula is C32H35N3O2. The fourth-order valence-electron chi connectivity index (χ4n) is 6.32. The van der Waals surface area contributed by atoms with Crippen molar-refractivity contribution in [2.45, 2.75) is 56.7 Å². The summed E-state index contributed by atoms with van der Waals surface area (Å²) in [7, 11) is 0. The van der Waals surface area contributed by atoms with Crippen LogP contribution in [-0.4, -0.2) is 28.6 Å². The smallest absolute Gasteiger partial charge is 0.238 e. The second-order valence-corrected chi connectivity index (χ2v) is 10.6. The Bertz CT molecular complexity index is 1360. The van der Waals surface area contributed by atoms with E-state index in [1.54, 1.807) is 0 Å². The molecule has 1 amide bonds. The number of benzene rings is 3. The van der Waals surface area contributed by atoms with E-state index in [0.717, 1.165) is 22.2 Å². The van der Waals surface area contributed by atoms with E-state index in [0.29, 0.717) is 12.3 Å². The number of H-pyrrole nitrogens is 1. The van der Waals surface area contributed by atoms with Crippen molar-refractivity contribution in [2.75, 3.05) is 6.61 Å². The number of carbonyl (C=O) groups excluding carboxylic acids is 1. The van der Waals surface area contributed by atoms with Gasteiger partial charge in [-0.05, 0) is 53.5 Å². The van der Waals surface area contributed by atoms with E-state index in [1.165, 1.54) is 48.7 Å². The predicted molar refractivity (Wildman–Crippen MR) is 148 cm³/mol. The van der Waals surface area contributed by atoms with Crippen molar-refractivity contribution < 1.29 is 9.90 Å². The zero-order valence-electron chi connectivity index (χ0n) is 21.1. The quantitative estimate of drug-likeness (QED) is 0.273. The van der Waals surface area contributed by atoms with Gasteiger partial charge in [0.2, 0.25) is 5.91 Å². The number of aliphatic hydroxyl groups is 1. The van der Waals surface area contributed by atoms with Gasteiger partial charge in [-0.15, -0.1) is 0 Å². The average molecular weight is 494 g/mol. The fraction of sp³-hybridized carbons (Fsp3) is 0.344. The lowest BCUT2D eigenvalue weighted by molar-refractivity contribution is -0.124. The lowest BCUT2D eigenvalue weighted by Gasteiger charge is -2.37. The second kappa shape index (κ2) is 10.5. The molecule has 2 heterocycles. The monoisotopic (exact) mass is 493 g/mol. The Morgan fingerprint density at radius 1 is 0.892 bits per heavy atom. The molecule has 2 aliphatic rings. The minimum absolute atomic E-state index is 0.0528. The maximum absolute atomic E-state index is 13.6. The molecule has 3 atom stereocenters. The van der Waals surface area contributed by atoms with Crippen LogP contribution in [0.5, 0.6) is 0 Å². The molecule has 5 nitrogen and oxygen atoms in total. The van der Waals surface area contributed by atoms with Gasteiger partial charge in [0, 0.05) is 16.6 Å². The first-order valence-corrected chi connectivity index (χ1v) is 13.6. The molecule has 0 bridgehead atoms. The van der Waals surface area contributed by atoms with E-state index in [-0.39, 0.29) is 24.6 Å². The van der Waals surface area contributed by atoms with Crippen LogP contribution in [0.25, 0.3) is 22.0 Å². The molecule has 37 heavy (non-hydrogen) atoms. The number of amides is 1. The first-order valence-electron chi connectivity index (χ1n) is 13.6. The number of hydrogen-bond donors (Lipinski definition) is 4. The first kappa shape index (κ1) is 24.0. The van der Waals surface area contributed by atoms with E-state index >= 15 is 0 Å². The van der Waals surface area contributed by atoms with Gasteiger partial charge >= 0.3 is 0 Å². The molecule has 4 N–H and O–H groups in total. The van der Waals surface area contributed by atoms with Crippen molar-refractivity contribution in [2.24, 2.45) is 5.92 Å². The Kier molecular flexibility index (Phi) is 6.81. The van der Waals surface area contributed by atoms with Crippen LogP contribution in [0.3, 0.4) is 0 Å². The number of nitrogens with one attached hydrogen (secondary N) is 3. The number of aromatic nitrogens is 1. The highest BCUT2D eigenvalue weighted by Gasteiger charge is 2.37. The molecule has 1 aliphatic heterocycles. The third-order valence-electron chi connectivity index (χ3n) is 8.30. The summed E-state index contributed by atoms with van der Waals surface area (Å²) in [5.74, 6) is 0.471. The van der Waals surface area contributed by atoms with Gasteiger partial charge in [-0.25, -0.2) is 0 Å². The van der Waals surface area contributed by atoms with Gasteiger partial charge in [-0.1, -0.05) is 92.1 Å². The molecule has 5 heteroatoms. The standard InChI is InChI=1S/C32H35N3O2/c36-20-29(23-17-15-22(16-18-23)21-9-3-1-4-10-21)35-32(37)28-19-26-25-13-7-8-14-27(25)33-31(26)30(34-28)24-11-5-2-6-12-24/h1,3-4,7-10,13-18,24,28-30,33-34,36H,2,5-6,11-12,19-20H2,(H,35,37)/t28-,29?,30+/m1/s1. The average Bonchev–Trinajstić information content (AvgIpc) is 3.35. The van der Waals surface area contributed by atoms with Crippen molar-refractivity contribution in [1.29, 1.82) is 0 Å². The summed E-state index contributed by atoms with van der Waals surface area (Å²) in [4.78, 5) is 17.3. The van der Waals surface area contributed by atoms with E-state index in [1.807, 2.05) is 30.3 Å².